The smallest absolute Gasteiger partial charge is 0.151 e. The van der Waals surface area contributed by atoms with Gasteiger partial charge < -0.3 is 10.6 Å². The molecule has 98 valence electrons. The molecular formula is C14H17N5. The highest BCUT2D eigenvalue weighted by molar-refractivity contribution is 5.59. The summed E-state index contributed by atoms with van der Waals surface area (Å²) < 4.78 is 0. The lowest BCUT2D eigenvalue weighted by atomic mass is 10.2. The van der Waals surface area contributed by atoms with Crippen LogP contribution in [0.4, 0.5) is 5.82 Å². The molecule has 1 atom stereocenters. The van der Waals surface area contributed by atoms with Crippen molar-refractivity contribution in [1.82, 2.24) is 15.2 Å². The quantitative estimate of drug-likeness (QED) is 0.899. The van der Waals surface area contributed by atoms with Crippen LogP contribution < -0.4 is 10.6 Å². The Morgan fingerprint density at radius 3 is 2.68 bits per heavy atom. The molecular weight excluding hydrogens is 238 g/mol. The maximum absolute atomic E-state index is 5.79. The molecule has 3 rings (SSSR count). The first-order valence-corrected chi connectivity index (χ1v) is 6.59. The zero-order valence-corrected chi connectivity index (χ0v) is 10.7. The Kier molecular flexibility index (Phi) is 3.37. The minimum atomic E-state index is 0.404. The van der Waals surface area contributed by atoms with E-state index < -0.39 is 0 Å². The maximum Gasteiger partial charge on any atom is 0.151 e. The third-order valence-corrected chi connectivity index (χ3v) is 3.57. The van der Waals surface area contributed by atoms with Crippen LogP contribution in [0.1, 0.15) is 12.8 Å². The van der Waals surface area contributed by atoms with Crippen LogP contribution in [0.2, 0.25) is 0 Å². The van der Waals surface area contributed by atoms with Gasteiger partial charge in [0.05, 0.1) is 5.69 Å². The molecule has 1 unspecified atom stereocenters. The van der Waals surface area contributed by atoms with Crippen LogP contribution in [-0.4, -0.2) is 34.3 Å². The molecule has 0 aliphatic carbocycles. The molecule has 0 bridgehead atoms. The van der Waals surface area contributed by atoms with Gasteiger partial charge in [-0.25, -0.2) is 0 Å². The fourth-order valence-corrected chi connectivity index (χ4v) is 2.54. The van der Waals surface area contributed by atoms with Crippen molar-refractivity contribution in [2.75, 3.05) is 18.0 Å². The number of aromatic nitrogens is 3. The van der Waals surface area contributed by atoms with E-state index in [2.05, 4.69) is 20.1 Å². The molecule has 5 nitrogen and oxygen atoms in total. The molecule has 3 heterocycles. The second-order valence-electron chi connectivity index (χ2n) is 4.74. The van der Waals surface area contributed by atoms with Crippen molar-refractivity contribution in [1.29, 1.82) is 0 Å². The number of nitrogens with zero attached hydrogens (tertiary/aromatic N) is 4. The van der Waals surface area contributed by atoms with Gasteiger partial charge in [-0.2, -0.15) is 0 Å². The van der Waals surface area contributed by atoms with Gasteiger partial charge in [0.1, 0.15) is 0 Å². The lowest BCUT2D eigenvalue weighted by Gasteiger charge is -2.23. The summed E-state index contributed by atoms with van der Waals surface area (Å²) in [7, 11) is 0. The van der Waals surface area contributed by atoms with Crippen molar-refractivity contribution >= 4 is 5.82 Å². The Morgan fingerprint density at radius 2 is 2.00 bits per heavy atom. The summed E-state index contributed by atoms with van der Waals surface area (Å²) in [5.41, 5.74) is 7.69. The van der Waals surface area contributed by atoms with Gasteiger partial charge in [0.15, 0.2) is 5.82 Å². The molecule has 0 aromatic carbocycles. The maximum atomic E-state index is 5.79. The van der Waals surface area contributed by atoms with Crippen LogP contribution >= 0.6 is 0 Å². The van der Waals surface area contributed by atoms with Crippen molar-refractivity contribution in [3.05, 3.63) is 36.7 Å². The highest BCUT2D eigenvalue weighted by Gasteiger charge is 2.24. The normalized spacial score (nSPS) is 18.8. The van der Waals surface area contributed by atoms with E-state index in [0.717, 1.165) is 30.0 Å². The van der Waals surface area contributed by atoms with Crippen molar-refractivity contribution in [3.8, 4) is 11.3 Å². The average Bonchev–Trinajstić information content (AvgIpc) is 2.97. The van der Waals surface area contributed by atoms with Gasteiger partial charge in [0, 0.05) is 37.1 Å². The lowest BCUT2D eigenvalue weighted by Crippen LogP contribution is -2.36. The second-order valence-corrected chi connectivity index (χ2v) is 4.74. The largest absolute Gasteiger partial charge is 0.351 e. The second kappa shape index (κ2) is 5.32. The van der Waals surface area contributed by atoms with E-state index in [9.17, 15) is 0 Å². The van der Waals surface area contributed by atoms with Gasteiger partial charge in [0.25, 0.3) is 0 Å². The molecule has 5 heteroatoms. The number of hydrogen-bond acceptors (Lipinski definition) is 5. The summed E-state index contributed by atoms with van der Waals surface area (Å²) >= 11 is 0. The molecule has 1 fully saturated rings. The molecule has 19 heavy (non-hydrogen) atoms. The first kappa shape index (κ1) is 12.0. The highest BCUT2D eigenvalue weighted by Crippen LogP contribution is 2.24. The van der Waals surface area contributed by atoms with Crippen molar-refractivity contribution in [2.24, 2.45) is 5.73 Å². The Morgan fingerprint density at radius 1 is 1.16 bits per heavy atom. The van der Waals surface area contributed by atoms with Gasteiger partial charge >= 0.3 is 0 Å². The van der Waals surface area contributed by atoms with E-state index in [1.807, 2.05) is 24.3 Å². The van der Waals surface area contributed by atoms with Gasteiger partial charge in [-0.15, -0.1) is 10.2 Å². The number of nitrogens with two attached hydrogens (primary N) is 1. The molecule has 0 radical (unpaired) electrons. The van der Waals surface area contributed by atoms with E-state index >= 15 is 0 Å². The fraction of sp³-hybridized carbons (Fsp3) is 0.357. The van der Waals surface area contributed by atoms with E-state index in [1.54, 1.807) is 12.4 Å². The van der Waals surface area contributed by atoms with Crippen LogP contribution in [0, 0.1) is 0 Å². The van der Waals surface area contributed by atoms with Gasteiger partial charge in [0.2, 0.25) is 0 Å². The summed E-state index contributed by atoms with van der Waals surface area (Å²) in [5.74, 6) is 0.922. The number of anilines is 1. The first-order chi connectivity index (χ1) is 9.38. The average molecular weight is 255 g/mol. The first-order valence-electron chi connectivity index (χ1n) is 6.59. The fourth-order valence-electron chi connectivity index (χ4n) is 2.54. The van der Waals surface area contributed by atoms with Crippen LogP contribution in [0.25, 0.3) is 11.3 Å². The number of hydrogen-bond donors (Lipinski definition) is 1. The minimum absolute atomic E-state index is 0.404. The molecule has 1 saturated heterocycles. The monoisotopic (exact) mass is 255 g/mol. The third-order valence-electron chi connectivity index (χ3n) is 3.57. The van der Waals surface area contributed by atoms with Crippen LogP contribution in [-0.2, 0) is 0 Å². The Labute approximate surface area is 112 Å². The molecule has 0 amide bonds. The number of rotatable bonds is 3. The van der Waals surface area contributed by atoms with Gasteiger partial charge in [-0.1, -0.05) is 0 Å². The van der Waals surface area contributed by atoms with Crippen molar-refractivity contribution in [2.45, 2.75) is 18.9 Å². The lowest BCUT2D eigenvalue weighted by molar-refractivity contribution is 0.668. The molecule has 0 saturated carbocycles. The predicted molar refractivity (Wildman–Crippen MR) is 74.7 cm³/mol. The summed E-state index contributed by atoms with van der Waals surface area (Å²) in [6.45, 7) is 1.69. The van der Waals surface area contributed by atoms with Gasteiger partial charge in [-0.3, -0.25) is 4.98 Å². The molecule has 2 aromatic rings. The van der Waals surface area contributed by atoms with E-state index in [4.69, 9.17) is 5.73 Å². The summed E-state index contributed by atoms with van der Waals surface area (Å²) in [5, 5.41) is 8.64. The summed E-state index contributed by atoms with van der Waals surface area (Å²) in [6.07, 6.45) is 5.84. The third kappa shape index (κ3) is 2.42. The Hall–Kier alpha value is -2.01. The predicted octanol–water partition coefficient (Wildman–Crippen LogP) is 1.47. The van der Waals surface area contributed by atoms with E-state index in [-0.39, 0.29) is 0 Å². The van der Waals surface area contributed by atoms with Crippen molar-refractivity contribution in [3.63, 3.8) is 0 Å². The van der Waals surface area contributed by atoms with E-state index in [0.29, 0.717) is 12.6 Å². The standard InChI is InChI=1S/C14H17N5/c15-10-12-2-1-9-19(12)14-4-3-13(17-18-14)11-5-7-16-8-6-11/h3-8,12H,1-2,9-10,15H2. The molecule has 2 N–H and O–H groups in total. The Bertz CT molecular complexity index is 525. The zero-order chi connectivity index (χ0) is 13.1. The van der Waals surface area contributed by atoms with Crippen LogP contribution in [0.15, 0.2) is 36.7 Å². The highest BCUT2D eigenvalue weighted by atomic mass is 15.3. The molecule has 1 aliphatic heterocycles. The van der Waals surface area contributed by atoms with Gasteiger partial charge in [-0.05, 0) is 37.1 Å². The van der Waals surface area contributed by atoms with Crippen LogP contribution in [0.3, 0.4) is 0 Å². The van der Waals surface area contributed by atoms with Crippen LogP contribution in [0.5, 0.6) is 0 Å². The molecule has 0 spiro atoms. The van der Waals surface area contributed by atoms with E-state index in [1.165, 1.54) is 6.42 Å². The van der Waals surface area contributed by atoms with Crippen molar-refractivity contribution < 1.29 is 0 Å². The minimum Gasteiger partial charge on any atom is -0.351 e. The summed E-state index contributed by atoms with van der Waals surface area (Å²) in [4.78, 5) is 6.26. The SMILES string of the molecule is NCC1CCCN1c1ccc(-c2ccncc2)nn1. The Balaban J connectivity index is 1.83. The zero-order valence-electron chi connectivity index (χ0n) is 10.7. The summed E-state index contributed by atoms with van der Waals surface area (Å²) in [6, 6.07) is 8.30. The topological polar surface area (TPSA) is 67.9 Å². The molecule has 2 aromatic heterocycles. The number of pyridine rings is 1. The molecule has 1 aliphatic rings.